The molecule has 3 nitrogen and oxygen atoms in total. The molecule has 0 aliphatic carbocycles. The van der Waals surface area contributed by atoms with Gasteiger partial charge in [0.05, 0.1) is 11.2 Å². The van der Waals surface area contributed by atoms with E-state index in [1.165, 1.54) is 0 Å². The highest BCUT2D eigenvalue weighted by Gasteiger charge is 2.05. The number of nitrogens with zero attached hydrogens (tertiary/aromatic N) is 3. The summed E-state index contributed by atoms with van der Waals surface area (Å²) in [5, 5.41) is 9.51. The van der Waals surface area contributed by atoms with E-state index in [1.807, 2.05) is 23.8 Å². The standard InChI is InChI=1S/C8H8ClN3/c1-2-12-5-7(9)6-3-4-10-11-8(6)12/h3-5H,2H2,1H3. The second-order valence-corrected chi connectivity index (χ2v) is 2.94. The van der Waals surface area contributed by atoms with Crippen molar-refractivity contribution < 1.29 is 0 Å². The average molecular weight is 182 g/mol. The van der Waals surface area contributed by atoms with Gasteiger partial charge in [-0.2, -0.15) is 5.10 Å². The third-order valence-electron chi connectivity index (χ3n) is 1.84. The molecular formula is C8H8ClN3. The van der Waals surface area contributed by atoms with Gasteiger partial charge in [-0.15, -0.1) is 5.10 Å². The van der Waals surface area contributed by atoms with Crippen molar-refractivity contribution in [3.8, 4) is 0 Å². The van der Waals surface area contributed by atoms with E-state index < -0.39 is 0 Å². The highest BCUT2D eigenvalue weighted by atomic mass is 35.5. The summed E-state index contributed by atoms with van der Waals surface area (Å²) in [5.74, 6) is 0. The van der Waals surface area contributed by atoms with Crippen LogP contribution in [0.5, 0.6) is 0 Å². The Labute approximate surface area is 75.0 Å². The Morgan fingerprint density at radius 3 is 3.17 bits per heavy atom. The summed E-state index contributed by atoms with van der Waals surface area (Å²) in [7, 11) is 0. The van der Waals surface area contributed by atoms with Gasteiger partial charge in [0.1, 0.15) is 0 Å². The molecular weight excluding hydrogens is 174 g/mol. The lowest BCUT2D eigenvalue weighted by atomic mass is 10.4. The van der Waals surface area contributed by atoms with Crippen LogP contribution in [0.15, 0.2) is 18.5 Å². The molecule has 0 saturated heterocycles. The van der Waals surface area contributed by atoms with Crippen LogP contribution in [-0.2, 0) is 6.54 Å². The molecule has 0 aliphatic heterocycles. The summed E-state index contributed by atoms with van der Waals surface area (Å²) in [4.78, 5) is 0. The van der Waals surface area contributed by atoms with E-state index in [9.17, 15) is 0 Å². The second-order valence-electron chi connectivity index (χ2n) is 2.53. The first-order valence-corrected chi connectivity index (χ1v) is 4.16. The Balaban J connectivity index is 2.82. The van der Waals surface area contributed by atoms with Gasteiger partial charge in [0.15, 0.2) is 5.65 Å². The number of hydrogen-bond donors (Lipinski definition) is 0. The Morgan fingerprint density at radius 1 is 1.58 bits per heavy atom. The van der Waals surface area contributed by atoms with Gasteiger partial charge in [-0.25, -0.2) is 0 Å². The van der Waals surface area contributed by atoms with Gasteiger partial charge in [-0.05, 0) is 13.0 Å². The molecule has 0 aliphatic rings. The van der Waals surface area contributed by atoms with Crippen LogP contribution in [0.25, 0.3) is 11.0 Å². The minimum atomic E-state index is 0.738. The largest absolute Gasteiger partial charge is 0.330 e. The Kier molecular flexibility index (Phi) is 1.73. The molecule has 0 saturated carbocycles. The minimum absolute atomic E-state index is 0.738. The number of hydrogen-bond acceptors (Lipinski definition) is 2. The Bertz CT molecular complexity index is 408. The number of fused-ring (bicyclic) bond motifs is 1. The van der Waals surface area contributed by atoms with Crippen molar-refractivity contribution in [1.29, 1.82) is 0 Å². The molecule has 0 atom stereocenters. The molecule has 62 valence electrons. The van der Waals surface area contributed by atoms with E-state index in [4.69, 9.17) is 11.6 Å². The minimum Gasteiger partial charge on any atom is -0.330 e. The average Bonchev–Trinajstić information content (AvgIpc) is 2.44. The van der Waals surface area contributed by atoms with Crippen LogP contribution in [0.3, 0.4) is 0 Å². The fourth-order valence-electron chi connectivity index (χ4n) is 1.23. The zero-order chi connectivity index (χ0) is 8.55. The highest BCUT2D eigenvalue weighted by Crippen LogP contribution is 2.22. The van der Waals surface area contributed by atoms with Crippen LogP contribution in [-0.4, -0.2) is 14.8 Å². The van der Waals surface area contributed by atoms with Crippen molar-refractivity contribution >= 4 is 22.6 Å². The highest BCUT2D eigenvalue weighted by molar-refractivity contribution is 6.35. The van der Waals surface area contributed by atoms with Gasteiger partial charge in [0, 0.05) is 18.1 Å². The molecule has 0 spiro atoms. The van der Waals surface area contributed by atoms with E-state index >= 15 is 0 Å². The molecule has 0 aromatic carbocycles. The third-order valence-corrected chi connectivity index (χ3v) is 2.14. The Morgan fingerprint density at radius 2 is 2.42 bits per heavy atom. The van der Waals surface area contributed by atoms with Crippen LogP contribution >= 0.6 is 11.6 Å². The molecule has 12 heavy (non-hydrogen) atoms. The van der Waals surface area contributed by atoms with Crippen LogP contribution in [0.4, 0.5) is 0 Å². The molecule has 2 aromatic heterocycles. The smallest absolute Gasteiger partial charge is 0.164 e. The first-order chi connectivity index (χ1) is 5.83. The summed E-state index contributed by atoms with van der Waals surface area (Å²) in [6.45, 7) is 2.91. The zero-order valence-corrected chi connectivity index (χ0v) is 7.41. The van der Waals surface area contributed by atoms with Gasteiger partial charge in [0.25, 0.3) is 0 Å². The van der Waals surface area contributed by atoms with Crippen molar-refractivity contribution in [2.45, 2.75) is 13.5 Å². The zero-order valence-electron chi connectivity index (χ0n) is 6.66. The molecule has 2 rings (SSSR count). The van der Waals surface area contributed by atoms with Crippen molar-refractivity contribution in [2.24, 2.45) is 0 Å². The molecule has 2 heterocycles. The summed E-state index contributed by atoms with van der Waals surface area (Å²) in [6.07, 6.45) is 3.52. The van der Waals surface area contributed by atoms with Crippen molar-refractivity contribution in [2.75, 3.05) is 0 Å². The summed E-state index contributed by atoms with van der Waals surface area (Å²) < 4.78 is 1.98. The fraction of sp³-hybridized carbons (Fsp3) is 0.250. The predicted molar refractivity (Wildman–Crippen MR) is 48.2 cm³/mol. The molecule has 0 radical (unpaired) electrons. The topological polar surface area (TPSA) is 30.7 Å². The molecule has 0 amide bonds. The van der Waals surface area contributed by atoms with Gasteiger partial charge in [0.2, 0.25) is 0 Å². The number of aryl methyl sites for hydroxylation is 1. The normalized spacial score (nSPS) is 10.8. The number of rotatable bonds is 1. The van der Waals surface area contributed by atoms with Crippen LogP contribution in [0.2, 0.25) is 5.02 Å². The van der Waals surface area contributed by atoms with Crippen LogP contribution in [0.1, 0.15) is 6.92 Å². The monoisotopic (exact) mass is 181 g/mol. The Hall–Kier alpha value is -1.09. The third kappa shape index (κ3) is 0.975. The number of halogens is 1. The van der Waals surface area contributed by atoms with E-state index in [0.717, 1.165) is 22.6 Å². The van der Waals surface area contributed by atoms with Crippen molar-refractivity contribution in [1.82, 2.24) is 14.8 Å². The van der Waals surface area contributed by atoms with E-state index in [2.05, 4.69) is 10.2 Å². The van der Waals surface area contributed by atoms with Crippen molar-refractivity contribution in [3.63, 3.8) is 0 Å². The summed E-state index contributed by atoms with van der Waals surface area (Å²) in [6, 6.07) is 1.87. The predicted octanol–water partition coefficient (Wildman–Crippen LogP) is 2.10. The maximum Gasteiger partial charge on any atom is 0.164 e. The van der Waals surface area contributed by atoms with E-state index in [0.29, 0.717) is 0 Å². The lowest BCUT2D eigenvalue weighted by Crippen LogP contribution is -1.93. The van der Waals surface area contributed by atoms with Gasteiger partial charge in [-0.3, -0.25) is 0 Å². The SMILES string of the molecule is CCn1cc(Cl)c2ccnnc21. The lowest BCUT2D eigenvalue weighted by molar-refractivity contribution is 0.779. The summed E-state index contributed by atoms with van der Waals surface area (Å²) >= 11 is 5.97. The van der Waals surface area contributed by atoms with Gasteiger partial charge < -0.3 is 4.57 Å². The summed E-state index contributed by atoms with van der Waals surface area (Å²) in [5.41, 5.74) is 0.852. The first kappa shape index (κ1) is 7.55. The first-order valence-electron chi connectivity index (χ1n) is 3.79. The molecule has 0 fully saturated rings. The van der Waals surface area contributed by atoms with E-state index in [-0.39, 0.29) is 0 Å². The molecule has 0 unspecified atom stereocenters. The molecule has 2 aromatic rings. The fourth-order valence-corrected chi connectivity index (χ4v) is 1.50. The molecule has 0 bridgehead atoms. The van der Waals surface area contributed by atoms with Gasteiger partial charge >= 0.3 is 0 Å². The number of aromatic nitrogens is 3. The lowest BCUT2D eigenvalue weighted by Gasteiger charge is -1.95. The quantitative estimate of drug-likeness (QED) is 0.675. The maximum atomic E-state index is 5.97. The van der Waals surface area contributed by atoms with Gasteiger partial charge in [-0.1, -0.05) is 11.6 Å². The maximum absolute atomic E-state index is 5.97. The van der Waals surface area contributed by atoms with E-state index in [1.54, 1.807) is 6.20 Å². The molecule has 0 N–H and O–H groups in total. The van der Waals surface area contributed by atoms with Crippen molar-refractivity contribution in [3.05, 3.63) is 23.5 Å². The molecule has 4 heteroatoms. The van der Waals surface area contributed by atoms with Crippen LogP contribution in [0, 0.1) is 0 Å². The second kappa shape index (κ2) is 2.75. The van der Waals surface area contributed by atoms with Crippen LogP contribution < -0.4 is 0 Å².